The first-order valence-corrected chi connectivity index (χ1v) is 8.50. The number of benzene rings is 2. The normalized spacial score (nSPS) is 13.5. The van der Waals surface area contributed by atoms with Crippen LogP contribution in [0.15, 0.2) is 40.9 Å². The smallest absolute Gasteiger partial charge is 0.347 e. The van der Waals surface area contributed by atoms with Crippen LogP contribution >= 0.6 is 11.6 Å². The molecule has 1 heterocycles. The van der Waals surface area contributed by atoms with E-state index in [9.17, 15) is 14.3 Å². The topological polar surface area (TPSA) is 72.6 Å². The number of rotatable bonds is 6. The molecule has 1 unspecified atom stereocenters. The molecule has 1 atom stereocenters. The van der Waals surface area contributed by atoms with Gasteiger partial charge in [0.2, 0.25) is 5.60 Å². The van der Waals surface area contributed by atoms with Gasteiger partial charge in [0, 0.05) is 5.56 Å². The summed E-state index contributed by atoms with van der Waals surface area (Å²) in [5.74, 6) is -1.34. The summed E-state index contributed by atoms with van der Waals surface area (Å²) in [4.78, 5) is 11.6. The number of halogens is 2. The van der Waals surface area contributed by atoms with Crippen LogP contribution in [-0.4, -0.2) is 21.8 Å². The summed E-state index contributed by atoms with van der Waals surface area (Å²) < 4.78 is 25.0. The third-order valence-corrected chi connectivity index (χ3v) is 4.55. The van der Waals surface area contributed by atoms with Crippen molar-refractivity contribution in [2.24, 2.45) is 0 Å². The Morgan fingerprint density at radius 3 is 2.73 bits per heavy atom. The van der Waals surface area contributed by atoms with Crippen LogP contribution in [0.2, 0.25) is 5.02 Å². The Kier molecular flexibility index (Phi) is 4.87. The maximum atomic E-state index is 14.1. The zero-order valence-corrected chi connectivity index (χ0v) is 15.0. The Hall–Kier alpha value is -2.60. The zero-order valence-electron chi connectivity index (χ0n) is 14.3. The van der Waals surface area contributed by atoms with Crippen LogP contribution < -0.4 is 4.74 Å². The molecule has 0 aliphatic rings. The number of aliphatic carboxylic acids is 1. The standard InChI is InChI=1S/C19H17ClFNO4/c1-3-10-19(2,18(23)24)25-14-9-8-12-16(22-26-17(12)15(14)20)11-6-4-5-7-13(11)21/h4-9H,3,10H2,1-2H3,(H,23,24). The number of nitrogens with zero attached hydrogens (tertiary/aromatic N) is 1. The lowest BCUT2D eigenvalue weighted by molar-refractivity contribution is -0.154. The summed E-state index contributed by atoms with van der Waals surface area (Å²) in [6.07, 6.45) is 0.940. The first kappa shape index (κ1) is 18.2. The lowest BCUT2D eigenvalue weighted by atomic mass is 10.0. The molecule has 0 bridgehead atoms. The van der Waals surface area contributed by atoms with E-state index in [-0.39, 0.29) is 21.9 Å². The molecule has 5 nitrogen and oxygen atoms in total. The Morgan fingerprint density at radius 2 is 2.08 bits per heavy atom. The van der Waals surface area contributed by atoms with Crippen molar-refractivity contribution in [3.8, 4) is 17.0 Å². The molecule has 2 aromatic carbocycles. The van der Waals surface area contributed by atoms with E-state index in [1.54, 1.807) is 30.3 Å². The fourth-order valence-electron chi connectivity index (χ4n) is 2.80. The molecule has 0 spiro atoms. The first-order valence-electron chi connectivity index (χ1n) is 8.12. The quantitative estimate of drug-likeness (QED) is 0.630. The minimum atomic E-state index is -1.42. The van der Waals surface area contributed by atoms with Gasteiger partial charge in [-0.05, 0) is 37.6 Å². The predicted octanol–water partition coefficient (Wildman–Crippen LogP) is 5.31. The highest BCUT2D eigenvalue weighted by atomic mass is 35.5. The van der Waals surface area contributed by atoms with Crippen LogP contribution in [0.4, 0.5) is 4.39 Å². The molecule has 0 radical (unpaired) electrons. The van der Waals surface area contributed by atoms with E-state index < -0.39 is 17.4 Å². The average molecular weight is 378 g/mol. The van der Waals surface area contributed by atoms with Gasteiger partial charge in [0.15, 0.2) is 5.58 Å². The van der Waals surface area contributed by atoms with Gasteiger partial charge in [-0.25, -0.2) is 9.18 Å². The largest absolute Gasteiger partial charge is 0.478 e. The molecule has 1 aromatic heterocycles. The van der Waals surface area contributed by atoms with Gasteiger partial charge in [-0.3, -0.25) is 0 Å². The van der Waals surface area contributed by atoms with Gasteiger partial charge >= 0.3 is 5.97 Å². The average Bonchev–Trinajstić information content (AvgIpc) is 3.02. The van der Waals surface area contributed by atoms with Crippen LogP contribution in [0.5, 0.6) is 5.75 Å². The number of hydrogen-bond donors (Lipinski definition) is 1. The number of carboxylic acids is 1. The van der Waals surface area contributed by atoms with Crippen molar-refractivity contribution in [2.45, 2.75) is 32.3 Å². The van der Waals surface area contributed by atoms with Crippen molar-refractivity contribution in [3.05, 3.63) is 47.2 Å². The summed E-state index contributed by atoms with van der Waals surface area (Å²) in [5, 5.41) is 14.0. The molecule has 0 saturated heterocycles. The summed E-state index contributed by atoms with van der Waals surface area (Å²) in [7, 11) is 0. The number of ether oxygens (including phenoxy) is 1. The molecule has 1 N–H and O–H groups in total. The Bertz CT molecular complexity index is 971. The lowest BCUT2D eigenvalue weighted by Crippen LogP contribution is -2.41. The number of fused-ring (bicyclic) bond motifs is 1. The number of hydrogen-bond acceptors (Lipinski definition) is 4. The third kappa shape index (κ3) is 3.12. The van der Waals surface area contributed by atoms with Crippen molar-refractivity contribution in [1.82, 2.24) is 5.16 Å². The van der Waals surface area contributed by atoms with Crippen LogP contribution in [0.1, 0.15) is 26.7 Å². The molecule has 0 saturated carbocycles. The van der Waals surface area contributed by atoms with Crippen LogP contribution in [0.25, 0.3) is 22.2 Å². The monoisotopic (exact) mass is 377 g/mol. The lowest BCUT2D eigenvalue weighted by Gasteiger charge is -2.26. The van der Waals surface area contributed by atoms with E-state index in [4.69, 9.17) is 20.9 Å². The van der Waals surface area contributed by atoms with Gasteiger partial charge in [-0.1, -0.05) is 42.2 Å². The van der Waals surface area contributed by atoms with Crippen molar-refractivity contribution >= 4 is 28.5 Å². The van der Waals surface area contributed by atoms with E-state index in [1.807, 2.05) is 6.92 Å². The second kappa shape index (κ2) is 6.96. The van der Waals surface area contributed by atoms with E-state index >= 15 is 0 Å². The molecular formula is C19H17ClFNO4. The molecule has 7 heteroatoms. The maximum absolute atomic E-state index is 14.1. The number of carboxylic acid groups (broad SMARTS) is 1. The predicted molar refractivity (Wildman–Crippen MR) is 96.0 cm³/mol. The second-order valence-corrected chi connectivity index (χ2v) is 6.53. The summed E-state index contributed by atoms with van der Waals surface area (Å²) >= 11 is 6.35. The summed E-state index contributed by atoms with van der Waals surface area (Å²) in [6, 6.07) is 9.37. The van der Waals surface area contributed by atoms with Crippen LogP contribution in [0.3, 0.4) is 0 Å². The summed E-state index contributed by atoms with van der Waals surface area (Å²) in [6.45, 7) is 3.36. The van der Waals surface area contributed by atoms with Crippen molar-refractivity contribution in [1.29, 1.82) is 0 Å². The molecule has 0 aliphatic heterocycles. The van der Waals surface area contributed by atoms with Gasteiger partial charge < -0.3 is 14.4 Å². The van der Waals surface area contributed by atoms with Gasteiger partial charge in [-0.2, -0.15) is 0 Å². The molecule has 0 aliphatic carbocycles. The van der Waals surface area contributed by atoms with Crippen LogP contribution in [0, 0.1) is 5.82 Å². The minimum Gasteiger partial charge on any atom is -0.478 e. The third-order valence-electron chi connectivity index (χ3n) is 4.19. The Morgan fingerprint density at radius 1 is 1.35 bits per heavy atom. The van der Waals surface area contributed by atoms with Crippen molar-refractivity contribution in [3.63, 3.8) is 0 Å². The van der Waals surface area contributed by atoms with E-state index in [2.05, 4.69) is 5.16 Å². The summed E-state index contributed by atoms with van der Waals surface area (Å²) in [5.41, 5.74) is -0.592. The van der Waals surface area contributed by atoms with Crippen molar-refractivity contribution in [2.75, 3.05) is 0 Å². The molecule has 3 rings (SSSR count). The molecular weight excluding hydrogens is 361 g/mol. The van der Waals surface area contributed by atoms with Gasteiger partial charge in [0.1, 0.15) is 22.3 Å². The van der Waals surface area contributed by atoms with Crippen molar-refractivity contribution < 1.29 is 23.6 Å². The molecule has 26 heavy (non-hydrogen) atoms. The molecule has 0 amide bonds. The molecule has 3 aromatic rings. The van der Waals surface area contributed by atoms with Gasteiger partial charge in [0.05, 0.1) is 5.39 Å². The fraction of sp³-hybridized carbons (Fsp3) is 0.263. The van der Waals surface area contributed by atoms with Gasteiger partial charge in [0.25, 0.3) is 0 Å². The minimum absolute atomic E-state index is 0.0983. The zero-order chi connectivity index (χ0) is 18.9. The highest BCUT2D eigenvalue weighted by Crippen LogP contribution is 2.39. The van der Waals surface area contributed by atoms with Gasteiger partial charge in [-0.15, -0.1) is 0 Å². The molecule has 0 fully saturated rings. The number of carbonyl (C=O) groups is 1. The molecule has 136 valence electrons. The Balaban J connectivity index is 2.06. The SMILES string of the molecule is CCCC(C)(Oc1ccc2c(-c3ccccc3F)noc2c1Cl)C(=O)O. The highest BCUT2D eigenvalue weighted by molar-refractivity contribution is 6.36. The fourth-order valence-corrected chi connectivity index (χ4v) is 3.04. The van der Waals surface area contributed by atoms with E-state index in [1.165, 1.54) is 13.0 Å². The van der Waals surface area contributed by atoms with E-state index in [0.717, 1.165) is 0 Å². The Labute approximate surface area is 154 Å². The first-order chi connectivity index (χ1) is 12.4. The maximum Gasteiger partial charge on any atom is 0.347 e. The highest BCUT2D eigenvalue weighted by Gasteiger charge is 2.35. The number of aromatic nitrogens is 1. The van der Waals surface area contributed by atoms with E-state index in [0.29, 0.717) is 23.9 Å². The second-order valence-electron chi connectivity index (χ2n) is 6.15. The van der Waals surface area contributed by atoms with Crippen LogP contribution in [-0.2, 0) is 4.79 Å².